The third-order valence-corrected chi connectivity index (χ3v) is 4.71. The molecule has 0 aliphatic carbocycles. The molecule has 2 aromatic carbocycles. The van der Waals surface area contributed by atoms with Gasteiger partial charge in [0.25, 0.3) is 0 Å². The molecule has 0 spiro atoms. The molecule has 140 valence electrons. The van der Waals surface area contributed by atoms with Gasteiger partial charge in [0.1, 0.15) is 29.4 Å². The first kappa shape index (κ1) is 17.8. The van der Waals surface area contributed by atoms with Gasteiger partial charge in [0.15, 0.2) is 0 Å². The number of rotatable bonds is 5. The first-order valence-electron chi connectivity index (χ1n) is 8.84. The van der Waals surface area contributed by atoms with Crippen molar-refractivity contribution < 1.29 is 14.2 Å². The molecule has 0 radical (unpaired) electrons. The Balaban J connectivity index is 1.68. The summed E-state index contributed by atoms with van der Waals surface area (Å²) in [7, 11) is 0. The van der Waals surface area contributed by atoms with Crippen LogP contribution in [0.1, 0.15) is 18.4 Å². The lowest BCUT2D eigenvalue weighted by Crippen LogP contribution is -2.26. The molecule has 27 heavy (non-hydrogen) atoms. The molecule has 0 saturated carbocycles. The van der Waals surface area contributed by atoms with E-state index in [4.69, 9.17) is 25.8 Å². The third-order valence-electron chi connectivity index (χ3n) is 4.42. The fourth-order valence-electron chi connectivity index (χ4n) is 3.07. The van der Waals surface area contributed by atoms with Crippen molar-refractivity contribution in [3.63, 3.8) is 0 Å². The van der Waals surface area contributed by atoms with E-state index in [9.17, 15) is 4.79 Å². The summed E-state index contributed by atoms with van der Waals surface area (Å²) in [5, 5.41) is 0.788. The summed E-state index contributed by atoms with van der Waals surface area (Å²) in [6, 6.07) is 13.3. The van der Waals surface area contributed by atoms with Crippen LogP contribution in [-0.4, -0.2) is 29.3 Å². The highest BCUT2D eigenvalue weighted by molar-refractivity contribution is 6.34. The number of hydrogen-bond acceptors (Lipinski definition) is 5. The smallest absolute Gasteiger partial charge is 0.346 e. The van der Waals surface area contributed by atoms with Crippen LogP contribution < -0.4 is 15.2 Å². The van der Waals surface area contributed by atoms with Crippen molar-refractivity contribution in [2.75, 3.05) is 13.2 Å². The molecule has 6 nitrogen and oxygen atoms in total. The van der Waals surface area contributed by atoms with Crippen LogP contribution in [-0.2, 0) is 11.3 Å². The van der Waals surface area contributed by atoms with E-state index in [0.717, 1.165) is 18.4 Å². The lowest BCUT2D eigenvalue weighted by Gasteiger charge is -2.24. The highest BCUT2D eigenvalue weighted by Gasteiger charge is 2.19. The van der Waals surface area contributed by atoms with Gasteiger partial charge in [-0.25, -0.2) is 4.79 Å². The summed E-state index contributed by atoms with van der Waals surface area (Å²) >= 11 is 6.27. The number of hydrogen-bond donors (Lipinski definition) is 1. The van der Waals surface area contributed by atoms with E-state index in [1.54, 1.807) is 12.1 Å². The summed E-state index contributed by atoms with van der Waals surface area (Å²) in [5.41, 5.74) is 0.975. The number of nitrogens with zero attached hydrogens (tertiary/aromatic N) is 1. The Hall–Kier alpha value is -2.57. The summed E-state index contributed by atoms with van der Waals surface area (Å²) in [6.07, 6.45) is 1.62. The summed E-state index contributed by atoms with van der Waals surface area (Å²) in [5.74, 6) is 1.12. The predicted octanol–water partition coefficient (Wildman–Crippen LogP) is 3.71. The Morgan fingerprint density at radius 3 is 2.74 bits per heavy atom. The largest absolute Gasteiger partial charge is 0.489 e. The highest BCUT2D eigenvalue weighted by atomic mass is 35.5. The monoisotopic (exact) mass is 386 g/mol. The van der Waals surface area contributed by atoms with E-state index in [1.165, 1.54) is 0 Å². The highest BCUT2D eigenvalue weighted by Crippen LogP contribution is 2.35. The Kier molecular flexibility index (Phi) is 5.27. The molecule has 7 heteroatoms. The number of fused-ring (bicyclic) bond motifs is 1. The van der Waals surface area contributed by atoms with Gasteiger partial charge in [0, 0.05) is 25.0 Å². The number of H-pyrrole nitrogens is 1. The van der Waals surface area contributed by atoms with Crippen molar-refractivity contribution in [2.45, 2.75) is 25.6 Å². The fraction of sp³-hybridized carbons (Fsp3) is 0.300. The first-order valence-corrected chi connectivity index (χ1v) is 9.21. The molecule has 1 N–H and O–H groups in total. The number of nitrogens with one attached hydrogen (secondary N) is 1. The van der Waals surface area contributed by atoms with Crippen molar-refractivity contribution >= 4 is 22.5 Å². The van der Waals surface area contributed by atoms with Crippen LogP contribution in [0.25, 0.3) is 10.9 Å². The van der Waals surface area contributed by atoms with E-state index >= 15 is 0 Å². The number of halogens is 1. The molecular weight excluding hydrogens is 368 g/mol. The zero-order valence-electron chi connectivity index (χ0n) is 14.6. The Morgan fingerprint density at radius 1 is 1.19 bits per heavy atom. The van der Waals surface area contributed by atoms with Crippen LogP contribution in [0.3, 0.4) is 0 Å². The second kappa shape index (κ2) is 7.98. The molecule has 1 fully saturated rings. The molecule has 0 amide bonds. The van der Waals surface area contributed by atoms with Crippen LogP contribution >= 0.6 is 11.6 Å². The van der Waals surface area contributed by atoms with Crippen molar-refractivity contribution in [2.24, 2.45) is 0 Å². The summed E-state index contributed by atoms with van der Waals surface area (Å²) in [6.45, 7) is 1.73. The molecule has 2 heterocycles. The Labute approximate surface area is 161 Å². The second-order valence-electron chi connectivity index (χ2n) is 6.38. The van der Waals surface area contributed by atoms with Gasteiger partial charge in [-0.05, 0) is 5.56 Å². The maximum absolute atomic E-state index is 11.7. The van der Waals surface area contributed by atoms with Gasteiger partial charge in [-0.2, -0.15) is 4.98 Å². The molecule has 1 aliphatic heterocycles. The van der Waals surface area contributed by atoms with Crippen molar-refractivity contribution in [1.29, 1.82) is 0 Å². The molecule has 4 rings (SSSR count). The van der Waals surface area contributed by atoms with Gasteiger partial charge in [-0.15, -0.1) is 0 Å². The second-order valence-corrected chi connectivity index (χ2v) is 6.75. The molecule has 1 saturated heterocycles. The van der Waals surface area contributed by atoms with Gasteiger partial charge in [0.05, 0.1) is 24.1 Å². The minimum absolute atomic E-state index is 0.0225. The molecule has 1 aliphatic rings. The summed E-state index contributed by atoms with van der Waals surface area (Å²) < 4.78 is 17.5. The van der Waals surface area contributed by atoms with Gasteiger partial charge in [-0.1, -0.05) is 41.9 Å². The van der Waals surface area contributed by atoms with E-state index in [-0.39, 0.29) is 11.3 Å². The van der Waals surface area contributed by atoms with Crippen LogP contribution in [0.4, 0.5) is 0 Å². The van der Waals surface area contributed by atoms with Crippen LogP contribution in [0.15, 0.2) is 47.3 Å². The number of aromatic amines is 1. The van der Waals surface area contributed by atoms with Gasteiger partial charge in [-0.3, -0.25) is 4.98 Å². The molecule has 0 atom stereocenters. The maximum Gasteiger partial charge on any atom is 0.346 e. The van der Waals surface area contributed by atoms with Gasteiger partial charge < -0.3 is 14.2 Å². The van der Waals surface area contributed by atoms with E-state index < -0.39 is 5.69 Å². The maximum atomic E-state index is 11.7. The standard InChI is InChI=1S/C20H19ClN2O4/c21-19-18-16(22-20(24)23-19)10-15(26-12-13-4-2-1-3-5-13)11-17(18)27-14-6-8-25-9-7-14/h1-5,10-11,14H,6-9,12H2,(H,22,23,24). The zero-order valence-corrected chi connectivity index (χ0v) is 15.4. The molecule has 0 bridgehead atoms. The van der Waals surface area contributed by atoms with Crippen molar-refractivity contribution in [3.05, 3.63) is 63.7 Å². The molecular formula is C20H19ClN2O4. The van der Waals surface area contributed by atoms with Gasteiger partial charge in [0.2, 0.25) is 0 Å². The van der Waals surface area contributed by atoms with Crippen molar-refractivity contribution in [3.8, 4) is 11.5 Å². The third kappa shape index (κ3) is 4.23. The first-order chi connectivity index (χ1) is 13.2. The lowest BCUT2D eigenvalue weighted by atomic mass is 10.1. The average molecular weight is 387 g/mol. The summed E-state index contributed by atoms with van der Waals surface area (Å²) in [4.78, 5) is 18.3. The topological polar surface area (TPSA) is 73.4 Å². The number of aromatic nitrogens is 2. The predicted molar refractivity (Wildman–Crippen MR) is 103 cm³/mol. The molecule has 3 aromatic rings. The Morgan fingerprint density at radius 2 is 1.96 bits per heavy atom. The normalized spacial score (nSPS) is 15.0. The van der Waals surface area contributed by atoms with E-state index in [0.29, 0.717) is 42.2 Å². The van der Waals surface area contributed by atoms with E-state index in [2.05, 4.69) is 9.97 Å². The number of ether oxygens (including phenoxy) is 3. The SMILES string of the molecule is O=c1nc2cc(OCc3ccccc3)cc(OC3CCOCC3)c2c(Cl)[nH]1. The van der Waals surface area contributed by atoms with Crippen LogP contribution in [0, 0.1) is 0 Å². The van der Waals surface area contributed by atoms with Crippen LogP contribution in [0.2, 0.25) is 5.15 Å². The lowest BCUT2D eigenvalue weighted by molar-refractivity contribution is 0.0261. The van der Waals surface area contributed by atoms with E-state index in [1.807, 2.05) is 30.3 Å². The molecule has 1 aromatic heterocycles. The van der Waals surface area contributed by atoms with Crippen molar-refractivity contribution in [1.82, 2.24) is 9.97 Å². The molecule has 0 unspecified atom stereocenters. The van der Waals surface area contributed by atoms with Gasteiger partial charge >= 0.3 is 5.69 Å². The average Bonchev–Trinajstić information content (AvgIpc) is 2.67. The minimum Gasteiger partial charge on any atom is -0.489 e. The Bertz CT molecular complexity index is 984. The minimum atomic E-state index is -0.510. The zero-order chi connectivity index (χ0) is 18.6. The number of benzene rings is 2. The van der Waals surface area contributed by atoms with Crippen LogP contribution in [0.5, 0.6) is 11.5 Å². The fourth-order valence-corrected chi connectivity index (χ4v) is 3.34. The quantitative estimate of drug-likeness (QED) is 0.676.